The van der Waals surface area contributed by atoms with Crippen molar-refractivity contribution >= 4 is 17.5 Å². The van der Waals surface area contributed by atoms with Crippen molar-refractivity contribution in [2.45, 2.75) is 58.0 Å². The van der Waals surface area contributed by atoms with Crippen molar-refractivity contribution in [3.05, 3.63) is 29.8 Å². The van der Waals surface area contributed by atoms with Crippen molar-refractivity contribution < 1.29 is 9.59 Å². The summed E-state index contributed by atoms with van der Waals surface area (Å²) in [5.74, 6) is 0.660. The second-order valence-electron chi connectivity index (χ2n) is 7.15. The molecule has 3 unspecified atom stereocenters. The number of rotatable bonds is 5. The van der Waals surface area contributed by atoms with Crippen molar-refractivity contribution in [3.63, 3.8) is 0 Å². The molecule has 2 N–H and O–H groups in total. The summed E-state index contributed by atoms with van der Waals surface area (Å²) in [7, 11) is 0. The van der Waals surface area contributed by atoms with Crippen LogP contribution >= 0.6 is 0 Å². The van der Waals surface area contributed by atoms with Gasteiger partial charge < -0.3 is 15.5 Å². The maximum atomic E-state index is 12.6. The first-order valence-electron chi connectivity index (χ1n) is 9.58. The predicted molar refractivity (Wildman–Crippen MR) is 99.6 cm³/mol. The van der Waals surface area contributed by atoms with Crippen LogP contribution in [-0.2, 0) is 4.79 Å². The molecule has 2 aliphatic rings. The van der Waals surface area contributed by atoms with E-state index in [1.165, 1.54) is 25.7 Å². The lowest BCUT2D eigenvalue weighted by Gasteiger charge is -2.24. The number of nitrogens with zero attached hydrogens (tertiary/aromatic N) is 1. The second-order valence-corrected chi connectivity index (χ2v) is 7.15. The first kappa shape index (κ1) is 17.9. The fourth-order valence-electron chi connectivity index (χ4n) is 4.17. The van der Waals surface area contributed by atoms with Gasteiger partial charge in [-0.05, 0) is 57.2 Å². The van der Waals surface area contributed by atoms with Gasteiger partial charge in [-0.15, -0.1) is 0 Å². The number of carbonyl (C=O) groups excluding carboxylic acids is 2. The number of hydrogen-bond acceptors (Lipinski definition) is 3. The number of benzene rings is 1. The number of amides is 2. The lowest BCUT2D eigenvalue weighted by Crippen LogP contribution is -2.39. The van der Waals surface area contributed by atoms with Crippen LogP contribution in [0.3, 0.4) is 0 Å². The molecule has 1 aliphatic heterocycles. The predicted octanol–water partition coefficient (Wildman–Crippen LogP) is 3.03. The molecule has 5 heteroatoms. The van der Waals surface area contributed by atoms with E-state index in [0.717, 1.165) is 6.42 Å². The van der Waals surface area contributed by atoms with Crippen molar-refractivity contribution in [1.82, 2.24) is 10.2 Å². The zero-order valence-electron chi connectivity index (χ0n) is 15.3. The van der Waals surface area contributed by atoms with Gasteiger partial charge in [-0.1, -0.05) is 18.9 Å². The normalized spacial score (nSPS) is 25.3. The fraction of sp³-hybridized carbons (Fsp3) is 0.600. The van der Waals surface area contributed by atoms with Crippen molar-refractivity contribution in [1.29, 1.82) is 0 Å². The Balaban J connectivity index is 1.64. The maximum Gasteiger partial charge on any atom is 0.253 e. The Hall–Kier alpha value is -1.88. The molecule has 2 amide bonds. The minimum Gasteiger partial charge on any atom is -0.339 e. The molecule has 0 spiro atoms. The molecule has 0 bridgehead atoms. The summed E-state index contributed by atoms with van der Waals surface area (Å²) in [6.45, 7) is 5.30. The van der Waals surface area contributed by atoms with Gasteiger partial charge in [0.15, 0.2) is 0 Å². The molecule has 25 heavy (non-hydrogen) atoms. The number of carbonyl (C=O) groups is 2. The van der Waals surface area contributed by atoms with Crippen LogP contribution < -0.4 is 10.6 Å². The summed E-state index contributed by atoms with van der Waals surface area (Å²) < 4.78 is 0. The Bertz CT molecular complexity index is 613. The minimum absolute atomic E-state index is 0.00566. The van der Waals surface area contributed by atoms with Crippen LogP contribution in [0, 0.1) is 5.92 Å². The molecule has 1 aromatic rings. The first-order chi connectivity index (χ1) is 12.1. The third kappa shape index (κ3) is 4.03. The summed E-state index contributed by atoms with van der Waals surface area (Å²) in [6.07, 6.45) is 5.89. The average molecular weight is 343 g/mol. The summed E-state index contributed by atoms with van der Waals surface area (Å²) in [6, 6.07) is 7.64. The number of hydrogen-bond donors (Lipinski definition) is 2. The molecule has 136 valence electrons. The van der Waals surface area contributed by atoms with Crippen molar-refractivity contribution in [2.75, 3.05) is 18.4 Å². The number of anilines is 1. The van der Waals surface area contributed by atoms with E-state index in [4.69, 9.17) is 0 Å². The molecule has 5 nitrogen and oxygen atoms in total. The van der Waals surface area contributed by atoms with E-state index in [1.807, 2.05) is 26.0 Å². The molecular weight excluding hydrogens is 314 g/mol. The Morgan fingerprint density at radius 2 is 1.96 bits per heavy atom. The second kappa shape index (κ2) is 8.00. The molecule has 1 aromatic carbocycles. The third-order valence-corrected chi connectivity index (χ3v) is 5.61. The molecule has 0 aromatic heterocycles. The van der Waals surface area contributed by atoms with Crippen LogP contribution in [-0.4, -0.2) is 41.9 Å². The van der Waals surface area contributed by atoms with Crippen molar-refractivity contribution in [2.24, 2.45) is 5.92 Å². The van der Waals surface area contributed by atoms with Crippen LogP contribution in [0.25, 0.3) is 0 Å². The zero-order valence-corrected chi connectivity index (χ0v) is 15.3. The van der Waals surface area contributed by atoms with Crippen LogP contribution in [0.1, 0.15) is 56.3 Å². The molecule has 3 rings (SSSR count). The molecule has 1 saturated carbocycles. The standard InChI is InChI=1S/C20H29N3O2/c1-3-23(4-2)20(25)15-9-7-10-16(12-15)21-19(24)18-13-14-8-5-6-11-17(14)22-18/h7,9-10,12,14,17-18,22H,3-6,8,11,13H2,1-2H3,(H,21,24). The van der Waals surface area contributed by atoms with Crippen LogP contribution in [0.15, 0.2) is 24.3 Å². The lowest BCUT2D eigenvalue weighted by molar-refractivity contribution is -0.117. The van der Waals surface area contributed by atoms with Gasteiger partial charge in [0.1, 0.15) is 0 Å². The van der Waals surface area contributed by atoms with E-state index >= 15 is 0 Å². The van der Waals surface area contributed by atoms with E-state index in [9.17, 15) is 9.59 Å². The molecule has 1 saturated heterocycles. The van der Waals surface area contributed by atoms with E-state index < -0.39 is 0 Å². The number of nitrogens with one attached hydrogen (secondary N) is 2. The quantitative estimate of drug-likeness (QED) is 0.864. The fourth-order valence-corrected chi connectivity index (χ4v) is 4.17. The highest BCUT2D eigenvalue weighted by Gasteiger charge is 2.38. The summed E-state index contributed by atoms with van der Waals surface area (Å²) in [5, 5.41) is 6.49. The van der Waals surface area contributed by atoms with Crippen LogP contribution in [0.5, 0.6) is 0 Å². The molecule has 1 heterocycles. The monoisotopic (exact) mass is 343 g/mol. The summed E-state index contributed by atoms with van der Waals surface area (Å²) in [5.41, 5.74) is 1.31. The Labute approximate surface area is 150 Å². The number of fused-ring (bicyclic) bond motifs is 1. The van der Waals surface area contributed by atoms with Crippen LogP contribution in [0.2, 0.25) is 0 Å². The van der Waals surface area contributed by atoms with Gasteiger partial charge in [0.2, 0.25) is 5.91 Å². The molecule has 0 radical (unpaired) electrons. The smallest absolute Gasteiger partial charge is 0.253 e. The largest absolute Gasteiger partial charge is 0.339 e. The SMILES string of the molecule is CCN(CC)C(=O)c1cccc(NC(=O)C2CC3CCCCC3N2)c1. The summed E-state index contributed by atoms with van der Waals surface area (Å²) in [4.78, 5) is 26.9. The van der Waals surface area contributed by atoms with Gasteiger partial charge in [0.05, 0.1) is 6.04 Å². The molecule has 2 fully saturated rings. The molecular formula is C20H29N3O2. The first-order valence-corrected chi connectivity index (χ1v) is 9.58. The van der Waals surface area contributed by atoms with Gasteiger partial charge >= 0.3 is 0 Å². The zero-order chi connectivity index (χ0) is 17.8. The Morgan fingerprint density at radius 1 is 1.20 bits per heavy atom. The van der Waals surface area contributed by atoms with Gasteiger partial charge in [0.25, 0.3) is 5.91 Å². The third-order valence-electron chi connectivity index (χ3n) is 5.61. The van der Waals surface area contributed by atoms with E-state index in [0.29, 0.717) is 36.3 Å². The van der Waals surface area contributed by atoms with Crippen molar-refractivity contribution in [3.8, 4) is 0 Å². The lowest BCUT2D eigenvalue weighted by atomic mass is 9.85. The van der Waals surface area contributed by atoms with E-state index in [2.05, 4.69) is 10.6 Å². The molecule has 3 atom stereocenters. The van der Waals surface area contributed by atoms with E-state index in [1.54, 1.807) is 17.0 Å². The maximum absolute atomic E-state index is 12.6. The van der Waals surface area contributed by atoms with E-state index in [-0.39, 0.29) is 17.9 Å². The average Bonchev–Trinajstić information content (AvgIpc) is 3.07. The molecule has 1 aliphatic carbocycles. The van der Waals surface area contributed by atoms with Gasteiger partial charge in [-0.25, -0.2) is 0 Å². The van der Waals surface area contributed by atoms with Gasteiger partial charge in [-0.3, -0.25) is 9.59 Å². The topological polar surface area (TPSA) is 61.4 Å². The highest BCUT2D eigenvalue weighted by molar-refractivity contribution is 5.98. The Morgan fingerprint density at radius 3 is 2.68 bits per heavy atom. The highest BCUT2D eigenvalue weighted by Crippen LogP contribution is 2.33. The van der Waals surface area contributed by atoms with Gasteiger partial charge in [0, 0.05) is 30.4 Å². The minimum atomic E-state index is -0.116. The Kier molecular flexibility index (Phi) is 5.74. The van der Waals surface area contributed by atoms with Crippen LogP contribution in [0.4, 0.5) is 5.69 Å². The highest BCUT2D eigenvalue weighted by atomic mass is 16.2. The summed E-state index contributed by atoms with van der Waals surface area (Å²) >= 11 is 0. The van der Waals surface area contributed by atoms with Gasteiger partial charge in [-0.2, -0.15) is 0 Å².